The topological polar surface area (TPSA) is 102 Å². The molecule has 0 unspecified atom stereocenters. The summed E-state index contributed by atoms with van der Waals surface area (Å²) < 4.78 is 24.1. The van der Waals surface area contributed by atoms with Crippen LogP contribution in [0, 0.1) is 10.1 Å². The van der Waals surface area contributed by atoms with Gasteiger partial charge in [-0.25, -0.2) is 8.78 Å². The van der Waals surface area contributed by atoms with E-state index in [9.17, 15) is 23.7 Å². The third-order valence-corrected chi connectivity index (χ3v) is 1.48. The van der Waals surface area contributed by atoms with Gasteiger partial charge in [0, 0.05) is 0 Å². The minimum absolute atomic E-state index is 0.575. The third-order valence-electron chi connectivity index (χ3n) is 1.48. The maximum atomic E-state index is 12.1. The SMILES string of the molecule is Nc1cc(C(F)F)[nH]c(=O)c1[N+](=O)[O-]. The summed E-state index contributed by atoms with van der Waals surface area (Å²) in [6.07, 6.45) is -2.93. The van der Waals surface area contributed by atoms with Gasteiger partial charge in [0.25, 0.3) is 6.43 Å². The predicted octanol–water partition coefficient (Wildman–Crippen LogP) is 0.803. The van der Waals surface area contributed by atoms with Gasteiger partial charge in [0.1, 0.15) is 5.69 Å². The standard InChI is InChI=1S/C6H5F2N3O3/c7-5(8)3-1-2(9)4(11(13)14)6(12)10-3/h1,5H,(H3,9,10,12). The first-order chi connectivity index (χ1) is 6.43. The summed E-state index contributed by atoms with van der Waals surface area (Å²) in [4.78, 5) is 21.8. The van der Waals surface area contributed by atoms with Crippen molar-refractivity contribution in [2.24, 2.45) is 0 Å². The van der Waals surface area contributed by atoms with E-state index in [1.165, 1.54) is 0 Å². The second-order valence-corrected chi connectivity index (χ2v) is 2.42. The van der Waals surface area contributed by atoms with Crippen molar-refractivity contribution in [2.75, 3.05) is 5.73 Å². The van der Waals surface area contributed by atoms with Crippen molar-refractivity contribution >= 4 is 11.4 Å². The molecule has 1 heterocycles. The number of aromatic nitrogens is 1. The molecule has 76 valence electrons. The number of aromatic amines is 1. The maximum Gasteiger partial charge on any atom is 0.356 e. The van der Waals surface area contributed by atoms with E-state index in [2.05, 4.69) is 0 Å². The van der Waals surface area contributed by atoms with Crippen LogP contribution in [0.2, 0.25) is 0 Å². The zero-order chi connectivity index (χ0) is 10.9. The largest absolute Gasteiger partial charge is 0.393 e. The van der Waals surface area contributed by atoms with Gasteiger partial charge < -0.3 is 10.7 Å². The number of hydrogen-bond acceptors (Lipinski definition) is 4. The highest BCUT2D eigenvalue weighted by Crippen LogP contribution is 2.21. The highest BCUT2D eigenvalue weighted by Gasteiger charge is 2.20. The highest BCUT2D eigenvalue weighted by molar-refractivity contribution is 5.56. The van der Waals surface area contributed by atoms with Gasteiger partial charge in [0.15, 0.2) is 0 Å². The number of rotatable bonds is 2. The van der Waals surface area contributed by atoms with Gasteiger partial charge in [-0.3, -0.25) is 14.9 Å². The molecule has 1 aromatic heterocycles. The van der Waals surface area contributed by atoms with E-state index in [-0.39, 0.29) is 0 Å². The van der Waals surface area contributed by atoms with Crippen LogP contribution >= 0.6 is 0 Å². The fraction of sp³-hybridized carbons (Fsp3) is 0.167. The summed E-state index contributed by atoms with van der Waals surface area (Å²) >= 11 is 0. The fourth-order valence-corrected chi connectivity index (χ4v) is 0.899. The van der Waals surface area contributed by atoms with E-state index < -0.39 is 34.0 Å². The number of nitrogens with two attached hydrogens (primary N) is 1. The van der Waals surface area contributed by atoms with Crippen molar-refractivity contribution in [3.63, 3.8) is 0 Å². The Morgan fingerprint density at radius 3 is 2.50 bits per heavy atom. The molecule has 0 saturated heterocycles. The third kappa shape index (κ3) is 1.68. The Hall–Kier alpha value is -1.99. The molecule has 0 radical (unpaired) electrons. The lowest BCUT2D eigenvalue weighted by Crippen LogP contribution is -2.16. The van der Waals surface area contributed by atoms with E-state index >= 15 is 0 Å². The Bertz CT molecular complexity index is 429. The Labute approximate surface area is 75.5 Å². The van der Waals surface area contributed by atoms with Crippen molar-refractivity contribution in [2.45, 2.75) is 6.43 Å². The lowest BCUT2D eigenvalue weighted by atomic mass is 10.3. The molecule has 1 rings (SSSR count). The van der Waals surface area contributed by atoms with Crippen LogP contribution < -0.4 is 11.3 Å². The molecule has 0 aliphatic carbocycles. The molecular formula is C6H5F2N3O3. The van der Waals surface area contributed by atoms with E-state index in [0.717, 1.165) is 0 Å². The average molecular weight is 205 g/mol. The lowest BCUT2D eigenvalue weighted by molar-refractivity contribution is -0.385. The van der Waals surface area contributed by atoms with Crippen LogP contribution in [0.3, 0.4) is 0 Å². The first-order valence-corrected chi connectivity index (χ1v) is 3.38. The number of pyridine rings is 1. The van der Waals surface area contributed by atoms with E-state index in [4.69, 9.17) is 5.73 Å². The van der Waals surface area contributed by atoms with Crippen LogP contribution in [0.5, 0.6) is 0 Å². The molecule has 0 aliphatic heterocycles. The van der Waals surface area contributed by atoms with Crippen molar-refractivity contribution in [3.05, 3.63) is 32.2 Å². The van der Waals surface area contributed by atoms with Crippen LogP contribution in [0.4, 0.5) is 20.2 Å². The van der Waals surface area contributed by atoms with E-state index in [0.29, 0.717) is 6.07 Å². The first kappa shape index (κ1) is 10.1. The number of nitrogens with zero attached hydrogens (tertiary/aromatic N) is 1. The average Bonchev–Trinajstić information content (AvgIpc) is 2.01. The van der Waals surface area contributed by atoms with Crippen molar-refractivity contribution in [1.29, 1.82) is 0 Å². The van der Waals surface area contributed by atoms with Gasteiger partial charge in [0.2, 0.25) is 0 Å². The number of nitro groups is 1. The lowest BCUT2D eigenvalue weighted by Gasteiger charge is -2.00. The summed E-state index contributed by atoms with van der Waals surface area (Å²) in [5.74, 6) is 0. The molecule has 3 N–H and O–H groups in total. The maximum absolute atomic E-state index is 12.1. The Balaban J connectivity index is 3.40. The van der Waals surface area contributed by atoms with E-state index in [1.807, 2.05) is 0 Å². The van der Waals surface area contributed by atoms with Crippen molar-refractivity contribution in [1.82, 2.24) is 4.98 Å². The molecule has 8 heteroatoms. The van der Waals surface area contributed by atoms with Crippen LogP contribution in [-0.4, -0.2) is 9.91 Å². The monoisotopic (exact) mass is 205 g/mol. The molecule has 0 bridgehead atoms. The van der Waals surface area contributed by atoms with Crippen LogP contribution in [0.25, 0.3) is 0 Å². The van der Waals surface area contributed by atoms with Crippen LogP contribution in [0.15, 0.2) is 10.9 Å². The molecular weight excluding hydrogens is 200 g/mol. The highest BCUT2D eigenvalue weighted by atomic mass is 19.3. The molecule has 1 aromatic rings. The zero-order valence-electron chi connectivity index (χ0n) is 6.66. The second kappa shape index (κ2) is 3.40. The summed E-state index contributed by atoms with van der Waals surface area (Å²) in [5.41, 5.74) is 1.60. The molecule has 0 amide bonds. The number of hydrogen-bond donors (Lipinski definition) is 2. The van der Waals surface area contributed by atoms with Crippen LogP contribution in [-0.2, 0) is 0 Å². The molecule has 0 aromatic carbocycles. The van der Waals surface area contributed by atoms with Gasteiger partial charge >= 0.3 is 11.2 Å². The Kier molecular flexibility index (Phi) is 2.45. The van der Waals surface area contributed by atoms with Gasteiger partial charge in [-0.1, -0.05) is 0 Å². The number of anilines is 1. The molecule has 0 atom stereocenters. The molecule has 6 nitrogen and oxygen atoms in total. The number of H-pyrrole nitrogens is 1. The van der Waals surface area contributed by atoms with Gasteiger partial charge in [-0.15, -0.1) is 0 Å². The number of nitrogen functional groups attached to an aromatic ring is 1. The fourth-order valence-electron chi connectivity index (χ4n) is 0.899. The molecule has 14 heavy (non-hydrogen) atoms. The van der Waals surface area contributed by atoms with Gasteiger partial charge in [0.05, 0.1) is 10.6 Å². The summed E-state index contributed by atoms with van der Waals surface area (Å²) in [7, 11) is 0. The summed E-state index contributed by atoms with van der Waals surface area (Å²) in [6, 6.07) is 0.671. The molecule has 0 aliphatic rings. The first-order valence-electron chi connectivity index (χ1n) is 3.38. The smallest absolute Gasteiger partial charge is 0.356 e. The summed E-state index contributed by atoms with van der Waals surface area (Å²) in [6.45, 7) is 0. The van der Waals surface area contributed by atoms with Gasteiger partial charge in [-0.05, 0) is 6.07 Å². The van der Waals surface area contributed by atoms with Crippen LogP contribution in [0.1, 0.15) is 12.1 Å². The number of nitrogens with one attached hydrogen (secondary N) is 1. The quantitative estimate of drug-likeness (QED) is 0.550. The molecule has 0 spiro atoms. The number of halogens is 2. The van der Waals surface area contributed by atoms with Crippen molar-refractivity contribution in [3.8, 4) is 0 Å². The minimum Gasteiger partial charge on any atom is -0.393 e. The second-order valence-electron chi connectivity index (χ2n) is 2.42. The molecule has 0 saturated carbocycles. The predicted molar refractivity (Wildman–Crippen MR) is 43.1 cm³/mol. The Morgan fingerprint density at radius 1 is 1.57 bits per heavy atom. The van der Waals surface area contributed by atoms with E-state index in [1.54, 1.807) is 4.98 Å². The van der Waals surface area contributed by atoms with Crippen molar-refractivity contribution < 1.29 is 13.7 Å². The number of alkyl halides is 2. The normalized spacial score (nSPS) is 10.5. The zero-order valence-corrected chi connectivity index (χ0v) is 6.66. The minimum atomic E-state index is -2.93. The molecule has 0 fully saturated rings. The van der Waals surface area contributed by atoms with Gasteiger partial charge in [-0.2, -0.15) is 0 Å². The Morgan fingerprint density at radius 2 is 2.14 bits per heavy atom. The summed E-state index contributed by atoms with van der Waals surface area (Å²) in [5, 5.41) is 10.2.